The number of hydrogen-bond acceptors (Lipinski definition) is 3. The molecule has 6 nitrogen and oxygen atoms in total. The van der Waals surface area contributed by atoms with Gasteiger partial charge in [0, 0.05) is 12.1 Å². The second-order valence-electron chi connectivity index (χ2n) is 4.81. The van der Waals surface area contributed by atoms with Gasteiger partial charge in [0.15, 0.2) is 5.78 Å². The van der Waals surface area contributed by atoms with Crippen LogP contribution in [0.2, 0.25) is 0 Å². The molecule has 1 aromatic rings. The average molecular weight is 297 g/mol. The van der Waals surface area contributed by atoms with E-state index >= 15 is 0 Å². The van der Waals surface area contributed by atoms with Crippen molar-refractivity contribution >= 4 is 19.3 Å². The third-order valence-corrected chi connectivity index (χ3v) is 3.99. The molecule has 1 aliphatic rings. The van der Waals surface area contributed by atoms with Crippen LogP contribution in [-0.2, 0) is 9.36 Å². The number of amides is 1. The fourth-order valence-corrected chi connectivity index (χ4v) is 3.02. The molecule has 20 heavy (non-hydrogen) atoms. The Hall–Kier alpha value is -1.49. The average Bonchev–Trinajstić information content (AvgIpc) is 2.86. The van der Waals surface area contributed by atoms with Gasteiger partial charge < -0.3 is 14.7 Å². The smallest absolute Gasteiger partial charge is 0.329 e. The van der Waals surface area contributed by atoms with Gasteiger partial charge in [-0.15, -0.1) is 0 Å². The summed E-state index contributed by atoms with van der Waals surface area (Å²) in [4.78, 5) is 43.4. The number of rotatable bonds is 4. The normalized spacial score (nSPS) is 19.1. The predicted molar refractivity (Wildman–Crippen MR) is 72.4 cm³/mol. The Morgan fingerprint density at radius 2 is 1.90 bits per heavy atom. The van der Waals surface area contributed by atoms with Crippen molar-refractivity contribution in [2.24, 2.45) is 0 Å². The van der Waals surface area contributed by atoms with E-state index in [1.807, 2.05) is 0 Å². The van der Waals surface area contributed by atoms with Crippen LogP contribution in [0, 0.1) is 0 Å². The molecule has 1 amide bonds. The van der Waals surface area contributed by atoms with Crippen molar-refractivity contribution in [3.05, 3.63) is 35.9 Å². The highest BCUT2D eigenvalue weighted by atomic mass is 31.2. The van der Waals surface area contributed by atoms with Gasteiger partial charge in [0.1, 0.15) is 6.16 Å². The Balaban J connectivity index is 2.13. The minimum absolute atomic E-state index is 0.271. The molecule has 0 unspecified atom stereocenters. The van der Waals surface area contributed by atoms with Crippen LogP contribution in [0.5, 0.6) is 0 Å². The van der Waals surface area contributed by atoms with E-state index in [1.54, 1.807) is 30.3 Å². The lowest BCUT2D eigenvalue weighted by atomic mass is 10.1. The minimum Gasteiger partial charge on any atom is -0.329 e. The van der Waals surface area contributed by atoms with Crippen LogP contribution in [0.15, 0.2) is 30.3 Å². The van der Waals surface area contributed by atoms with Crippen molar-refractivity contribution in [2.45, 2.75) is 18.9 Å². The third kappa shape index (κ3) is 3.54. The lowest BCUT2D eigenvalue weighted by Gasteiger charge is -2.23. The maximum atomic E-state index is 12.3. The maximum Gasteiger partial charge on any atom is 0.333 e. The lowest BCUT2D eigenvalue weighted by molar-refractivity contribution is -0.120. The fourth-order valence-electron chi connectivity index (χ4n) is 2.40. The summed E-state index contributed by atoms with van der Waals surface area (Å²) in [5, 5.41) is 0. The molecule has 0 saturated carbocycles. The van der Waals surface area contributed by atoms with Crippen LogP contribution < -0.4 is 0 Å². The van der Waals surface area contributed by atoms with E-state index in [2.05, 4.69) is 0 Å². The standard InChI is InChI=1S/C13H16NO5P/c15-12(9-20(17,18)19)11-7-4-8-14(11)13(16)10-5-2-1-3-6-10/h1-3,5-6,11H,4,7-9H2,(H2,17,18,19)/t11-/m0/s1. The summed E-state index contributed by atoms with van der Waals surface area (Å²) in [7, 11) is -4.39. The highest BCUT2D eigenvalue weighted by Crippen LogP contribution is 2.35. The van der Waals surface area contributed by atoms with Crippen LogP contribution in [-0.4, -0.2) is 45.1 Å². The second kappa shape index (κ2) is 5.87. The summed E-state index contributed by atoms with van der Waals surface area (Å²) in [6, 6.07) is 7.84. The summed E-state index contributed by atoms with van der Waals surface area (Å²) in [6.07, 6.45) is 0.309. The van der Waals surface area contributed by atoms with Crippen molar-refractivity contribution in [3.63, 3.8) is 0 Å². The monoisotopic (exact) mass is 297 g/mol. The van der Waals surface area contributed by atoms with Gasteiger partial charge in [0.2, 0.25) is 0 Å². The Labute approximate surface area is 116 Å². The second-order valence-corrected chi connectivity index (χ2v) is 6.46. The number of benzene rings is 1. The number of likely N-dealkylation sites (tertiary alicyclic amines) is 1. The molecular formula is C13H16NO5P. The summed E-state index contributed by atoms with van der Waals surface area (Å²) < 4.78 is 10.9. The molecule has 0 aromatic heterocycles. The molecule has 1 atom stereocenters. The zero-order valence-corrected chi connectivity index (χ0v) is 11.7. The van der Waals surface area contributed by atoms with Crippen molar-refractivity contribution in [3.8, 4) is 0 Å². The molecule has 0 bridgehead atoms. The summed E-state index contributed by atoms with van der Waals surface area (Å²) in [6.45, 7) is 0.436. The van der Waals surface area contributed by atoms with Gasteiger partial charge in [-0.05, 0) is 25.0 Å². The molecular weight excluding hydrogens is 281 g/mol. The first-order chi connectivity index (χ1) is 9.38. The molecule has 1 fully saturated rings. The van der Waals surface area contributed by atoms with Gasteiger partial charge in [0.25, 0.3) is 5.91 Å². The first kappa shape index (κ1) is 14.9. The van der Waals surface area contributed by atoms with Gasteiger partial charge >= 0.3 is 7.60 Å². The number of nitrogens with zero attached hydrogens (tertiary/aromatic N) is 1. The van der Waals surface area contributed by atoms with Gasteiger partial charge in [0.05, 0.1) is 6.04 Å². The van der Waals surface area contributed by atoms with Crippen molar-refractivity contribution < 1.29 is 23.9 Å². The van der Waals surface area contributed by atoms with Gasteiger partial charge in [-0.3, -0.25) is 14.2 Å². The van der Waals surface area contributed by atoms with Gasteiger partial charge in [-0.2, -0.15) is 0 Å². The molecule has 1 saturated heterocycles. The summed E-state index contributed by atoms with van der Waals surface area (Å²) >= 11 is 0. The highest BCUT2D eigenvalue weighted by molar-refractivity contribution is 7.52. The molecule has 2 N–H and O–H groups in total. The van der Waals surface area contributed by atoms with Crippen LogP contribution >= 0.6 is 7.60 Å². The van der Waals surface area contributed by atoms with E-state index in [9.17, 15) is 14.2 Å². The topological polar surface area (TPSA) is 94.9 Å². The summed E-state index contributed by atoms with van der Waals surface area (Å²) in [5.74, 6) is -0.840. The van der Waals surface area contributed by atoms with E-state index in [4.69, 9.17) is 9.79 Å². The van der Waals surface area contributed by atoms with Crippen molar-refractivity contribution in [1.29, 1.82) is 0 Å². The first-order valence-electron chi connectivity index (χ1n) is 6.32. The number of ketones is 1. The van der Waals surface area contributed by atoms with E-state index in [1.165, 1.54) is 4.90 Å². The van der Waals surface area contributed by atoms with Gasteiger partial charge in [-0.1, -0.05) is 18.2 Å². The van der Waals surface area contributed by atoms with Crippen LogP contribution in [0.4, 0.5) is 0 Å². The van der Waals surface area contributed by atoms with Crippen LogP contribution in [0.1, 0.15) is 23.2 Å². The molecule has 1 aliphatic heterocycles. The zero-order chi connectivity index (χ0) is 14.8. The first-order valence-corrected chi connectivity index (χ1v) is 8.11. The molecule has 7 heteroatoms. The van der Waals surface area contributed by atoms with Crippen molar-refractivity contribution in [1.82, 2.24) is 4.90 Å². The number of Topliss-reactive ketones (excluding diaryl/α,β-unsaturated/α-hetero) is 1. The lowest BCUT2D eigenvalue weighted by Crippen LogP contribution is -2.41. The molecule has 0 aliphatic carbocycles. The Morgan fingerprint density at radius 3 is 2.50 bits per heavy atom. The number of carbonyl (C=O) groups is 2. The Kier molecular flexibility index (Phi) is 4.38. The number of carbonyl (C=O) groups excluding carboxylic acids is 2. The SMILES string of the molecule is O=C(CP(=O)(O)O)[C@@H]1CCCN1C(=O)c1ccccc1. The number of hydrogen-bond donors (Lipinski definition) is 2. The van der Waals surface area contributed by atoms with Gasteiger partial charge in [-0.25, -0.2) is 0 Å². The van der Waals surface area contributed by atoms with Crippen LogP contribution in [0.25, 0.3) is 0 Å². The molecule has 0 spiro atoms. The Bertz CT molecular complexity index is 553. The molecule has 1 heterocycles. The minimum atomic E-state index is -4.39. The molecule has 1 aromatic carbocycles. The molecule has 2 rings (SSSR count). The van der Waals surface area contributed by atoms with Crippen molar-refractivity contribution in [2.75, 3.05) is 12.7 Å². The van der Waals surface area contributed by atoms with E-state index in [-0.39, 0.29) is 5.91 Å². The summed E-state index contributed by atoms with van der Waals surface area (Å²) in [5.41, 5.74) is 0.475. The maximum absolute atomic E-state index is 12.3. The predicted octanol–water partition coefficient (Wildman–Crippen LogP) is 1.04. The third-order valence-electron chi connectivity index (χ3n) is 3.27. The van der Waals surface area contributed by atoms with E-state index < -0.39 is 25.6 Å². The van der Waals surface area contributed by atoms with Crippen LogP contribution in [0.3, 0.4) is 0 Å². The van der Waals surface area contributed by atoms with E-state index in [0.29, 0.717) is 24.9 Å². The Morgan fingerprint density at radius 1 is 1.25 bits per heavy atom. The molecule has 108 valence electrons. The highest BCUT2D eigenvalue weighted by Gasteiger charge is 2.36. The quantitative estimate of drug-likeness (QED) is 0.810. The largest absolute Gasteiger partial charge is 0.333 e. The zero-order valence-electron chi connectivity index (χ0n) is 10.8. The fraction of sp³-hybridized carbons (Fsp3) is 0.385. The molecule has 0 radical (unpaired) electrons. The van der Waals surface area contributed by atoms with E-state index in [0.717, 1.165) is 0 Å².